The highest BCUT2D eigenvalue weighted by Gasteiger charge is 2.54. The van der Waals surface area contributed by atoms with Gasteiger partial charge < -0.3 is 38.9 Å². The quantitative estimate of drug-likeness (QED) is 0.145. The summed E-state index contributed by atoms with van der Waals surface area (Å²) in [5.74, 6) is 0.220. The number of anilines is 1. The molecule has 6 atom stereocenters. The van der Waals surface area contributed by atoms with Crippen LogP contribution in [0.4, 0.5) is 5.82 Å². The summed E-state index contributed by atoms with van der Waals surface area (Å²) in [5.41, 5.74) is 5.47. The van der Waals surface area contributed by atoms with Gasteiger partial charge in [-0.05, 0) is 45.0 Å². The smallest absolute Gasteiger partial charge is 0.459 e. The molecular weight excluding hydrogens is 569 g/mol. The van der Waals surface area contributed by atoms with E-state index >= 15 is 0 Å². The van der Waals surface area contributed by atoms with Crippen LogP contribution in [-0.2, 0) is 23.4 Å². The van der Waals surface area contributed by atoms with Gasteiger partial charge in [-0.2, -0.15) is 5.09 Å². The number of ether oxygens (including phenoxy) is 2. The van der Waals surface area contributed by atoms with E-state index in [0.29, 0.717) is 22.4 Å². The number of aromatic nitrogens is 3. The Labute approximate surface area is 241 Å². The molecule has 5 rings (SSSR count). The number of rotatable bonds is 11. The van der Waals surface area contributed by atoms with Crippen molar-refractivity contribution < 1.29 is 42.5 Å². The lowest BCUT2D eigenvalue weighted by Gasteiger charge is -2.30. The molecule has 1 aromatic carbocycles. The van der Waals surface area contributed by atoms with Crippen LogP contribution in [0.1, 0.15) is 27.0 Å². The summed E-state index contributed by atoms with van der Waals surface area (Å²) in [6.45, 7) is 4.21. The first-order valence-electron chi connectivity index (χ1n) is 13.2. The minimum Gasteiger partial charge on any atom is -0.465 e. The lowest BCUT2D eigenvalue weighted by Crippen LogP contribution is -2.45. The van der Waals surface area contributed by atoms with Gasteiger partial charge in [0.1, 0.15) is 53.2 Å². The third kappa shape index (κ3) is 5.77. The van der Waals surface area contributed by atoms with Gasteiger partial charge in [0.2, 0.25) is 0 Å². The number of fused-ring (bicyclic) bond motifs is 1. The van der Waals surface area contributed by atoms with Crippen molar-refractivity contribution >= 4 is 30.6 Å². The first-order chi connectivity index (χ1) is 20.0. The fraction of sp³-hybridized carbons (Fsp3) is 0.370. The molecule has 0 aliphatic carbocycles. The molecule has 0 radical (unpaired) electrons. The van der Waals surface area contributed by atoms with Crippen molar-refractivity contribution in [2.75, 3.05) is 18.9 Å². The molecule has 1 saturated heterocycles. The Morgan fingerprint density at radius 1 is 1.24 bits per heavy atom. The second kappa shape index (κ2) is 11.8. The van der Waals surface area contributed by atoms with E-state index in [1.165, 1.54) is 31.0 Å². The summed E-state index contributed by atoms with van der Waals surface area (Å²) in [6.07, 6.45) is 0.288. The Balaban J connectivity index is 1.42. The third-order valence-electron chi connectivity index (χ3n) is 6.81. The Morgan fingerprint density at radius 3 is 2.69 bits per heavy atom. The van der Waals surface area contributed by atoms with Crippen LogP contribution in [0.25, 0.3) is 22.4 Å². The zero-order chi connectivity index (χ0) is 30.1. The summed E-state index contributed by atoms with van der Waals surface area (Å²) in [7, 11) is -4.26. The average Bonchev–Trinajstić information content (AvgIpc) is 3.68. The molecule has 14 nitrogen and oxygen atoms in total. The van der Waals surface area contributed by atoms with Gasteiger partial charge in [-0.1, -0.05) is 18.2 Å². The fourth-order valence-electron chi connectivity index (χ4n) is 4.67. The number of carbonyl (C=O) groups excluding carboxylic acids is 1. The normalized spacial score (nSPS) is 24.4. The standard InChI is InChI=1S/C27H32N5O9P/c1-4-37-26(35)16(2)31-42(36,41-17-9-6-5-7-10-17)39-14-27(3)22(34)21(33)25(40-27)32-13-18(19-11-8-12-38-19)20-23(28)29-15-30-24(20)32/h5-13,15-16,21-22,25,33-34H,4,14H2,1-3H3,(H,31,36)(H2,28,29,30)/t16-,21+,22-,25+,27+,42?/m0/s1. The molecule has 5 N–H and O–H groups in total. The number of carbonyl (C=O) groups is 1. The topological polar surface area (TPSA) is 193 Å². The molecule has 4 heterocycles. The van der Waals surface area contributed by atoms with E-state index in [1.54, 1.807) is 55.6 Å². The summed E-state index contributed by atoms with van der Waals surface area (Å²) >= 11 is 0. The molecule has 3 aromatic heterocycles. The van der Waals surface area contributed by atoms with E-state index in [1.807, 2.05) is 0 Å². The number of esters is 1. The molecule has 1 fully saturated rings. The van der Waals surface area contributed by atoms with Gasteiger partial charge in [0.15, 0.2) is 6.23 Å². The van der Waals surface area contributed by atoms with E-state index in [-0.39, 0.29) is 18.2 Å². The van der Waals surface area contributed by atoms with Crippen molar-refractivity contribution in [3.05, 3.63) is 61.3 Å². The van der Waals surface area contributed by atoms with E-state index in [2.05, 4.69) is 15.1 Å². The van der Waals surface area contributed by atoms with Gasteiger partial charge in [0, 0.05) is 11.8 Å². The van der Waals surface area contributed by atoms with Crippen molar-refractivity contribution in [1.29, 1.82) is 0 Å². The van der Waals surface area contributed by atoms with Gasteiger partial charge in [-0.3, -0.25) is 9.32 Å². The van der Waals surface area contributed by atoms with Crippen molar-refractivity contribution in [2.45, 2.75) is 50.8 Å². The number of benzene rings is 1. The van der Waals surface area contributed by atoms with Crippen LogP contribution >= 0.6 is 7.75 Å². The van der Waals surface area contributed by atoms with E-state index in [0.717, 1.165) is 0 Å². The zero-order valence-corrected chi connectivity index (χ0v) is 24.0. The summed E-state index contributed by atoms with van der Waals surface area (Å²) in [4.78, 5) is 20.7. The number of nitrogen functional groups attached to an aromatic ring is 1. The van der Waals surface area contributed by atoms with Gasteiger partial charge >= 0.3 is 13.7 Å². The summed E-state index contributed by atoms with van der Waals surface area (Å²) in [5, 5.41) is 25.3. The molecule has 1 unspecified atom stereocenters. The lowest BCUT2D eigenvalue weighted by atomic mass is 9.99. The number of hydrogen-bond acceptors (Lipinski definition) is 12. The van der Waals surface area contributed by atoms with Crippen LogP contribution in [0.2, 0.25) is 0 Å². The second-order valence-electron chi connectivity index (χ2n) is 9.92. The largest absolute Gasteiger partial charge is 0.465 e. The molecule has 1 aliphatic rings. The molecule has 224 valence electrons. The van der Waals surface area contributed by atoms with Crippen LogP contribution < -0.4 is 15.3 Å². The Kier molecular flexibility index (Phi) is 8.37. The predicted molar refractivity (Wildman–Crippen MR) is 150 cm³/mol. The lowest BCUT2D eigenvalue weighted by molar-refractivity contribution is -0.144. The van der Waals surface area contributed by atoms with Crippen molar-refractivity contribution in [3.8, 4) is 17.1 Å². The molecule has 0 saturated carbocycles. The molecule has 4 aromatic rings. The Bertz CT molecular complexity index is 1580. The molecule has 0 bridgehead atoms. The average molecular weight is 602 g/mol. The SMILES string of the molecule is CCOC(=O)[C@H](C)NP(=O)(OC[C@@]1(C)O[C@@H](n2cc(-c3ccco3)c3c(N)ncnc32)[C@H](O)[C@@H]1O)Oc1ccccc1. The maximum absolute atomic E-state index is 13.9. The van der Waals surface area contributed by atoms with Crippen LogP contribution in [-0.4, -0.2) is 67.8 Å². The minimum absolute atomic E-state index is 0.124. The maximum Gasteiger partial charge on any atom is 0.459 e. The number of hydrogen-bond donors (Lipinski definition) is 4. The van der Waals surface area contributed by atoms with Gasteiger partial charge in [-0.15, -0.1) is 0 Å². The van der Waals surface area contributed by atoms with Gasteiger partial charge in [0.05, 0.1) is 24.9 Å². The summed E-state index contributed by atoms with van der Waals surface area (Å²) in [6, 6.07) is 10.6. The maximum atomic E-state index is 13.9. The minimum atomic E-state index is -4.26. The van der Waals surface area contributed by atoms with Gasteiger partial charge in [-0.25, -0.2) is 14.5 Å². The number of nitrogens with two attached hydrogens (primary N) is 1. The number of nitrogens with one attached hydrogen (secondary N) is 1. The van der Waals surface area contributed by atoms with E-state index in [4.69, 9.17) is 28.7 Å². The highest BCUT2D eigenvalue weighted by molar-refractivity contribution is 7.52. The first kappa shape index (κ1) is 29.7. The van der Waals surface area contributed by atoms with Crippen LogP contribution in [0.3, 0.4) is 0 Å². The number of aliphatic hydroxyl groups excluding tert-OH is 2. The number of para-hydroxylation sites is 1. The van der Waals surface area contributed by atoms with Crippen molar-refractivity contribution in [2.24, 2.45) is 0 Å². The third-order valence-corrected chi connectivity index (χ3v) is 8.44. The van der Waals surface area contributed by atoms with E-state index in [9.17, 15) is 19.6 Å². The molecule has 0 amide bonds. The van der Waals surface area contributed by atoms with Crippen LogP contribution in [0.5, 0.6) is 5.75 Å². The highest BCUT2D eigenvalue weighted by atomic mass is 31.2. The number of nitrogens with zero attached hydrogens (tertiary/aromatic N) is 3. The van der Waals surface area contributed by atoms with E-state index < -0.39 is 50.4 Å². The number of furan rings is 1. The van der Waals surface area contributed by atoms with Crippen LogP contribution in [0.15, 0.2) is 65.7 Å². The first-order valence-corrected chi connectivity index (χ1v) is 14.7. The Hall–Kier alpha value is -3.78. The summed E-state index contributed by atoms with van der Waals surface area (Å²) < 4.78 is 43.5. The second-order valence-corrected chi connectivity index (χ2v) is 11.6. The molecule has 15 heteroatoms. The zero-order valence-electron chi connectivity index (χ0n) is 23.1. The van der Waals surface area contributed by atoms with Gasteiger partial charge in [0.25, 0.3) is 0 Å². The van der Waals surface area contributed by atoms with Crippen molar-refractivity contribution in [1.82, 2.24) is 19.6 Å². The van der Waals surface area contributed by atoms with Crippen molar-refractivity contribution in [3.63, 3.8) is 0 Å². The number of aliphatic hydroxyl groups is 2. The monoisotopic (exact) mass is 601 g/mol. The van der Waals surface area contributed by atoms with Crippen LogP contribution in [0, 0.1) is 0 Å². The molecule has 0 spiro atoms. The predicted octanol–water partition coefficient (Wildman–Crippen LogP) is 3.03. The highest BCUT2D eigenvalue weighted by Crippen LogP contribution is 2.48. The Morgan fingerprint density at radius 2 is 2.00 bits per heavy atom. The fourth-order valence-corrected chi connectivity index (χ4v) is 6.26. The molecular formula is C27H32N5O9P. The molecule has 1 aliphatic heterocycles. The molecule has 42 heavy (non-hydrogen) atoms.